The summed E-state index contributed by atoms with van der Waals surface area (Å²) in [6, 6.07) is 2.94. The van der Waals surface area contributed by atoms with Gasteiger partial charge in [0.1, 0.15) is 0 Å². The number of phenolic OH excluding ortho intramolecular Hbond substituents is 1. The lowest BCUT2D eigenvalue weighted by Crippen LogP contribution is -2.14. The van der Waals surface area contributed by atoms with E-state index < -0.39 is 5.82 Å². The van der Waals surface area contributed by atoms with Gasteiger partial charge >= 0.3 is 0 Å². The highest BCUT2D eigenvalue weighted by atomic mass is 19.1. The Hall–Kier alpha value is -1.55. The predicted octanol–water partition coefficient (Wildman–Crippen LogP) is 2.61. The molecule has 1 heterocycles. The largest absolute Gasteiger partial charge is 0.505 e. The lowest BCUT2D eigenvalue weighted by Gasteiger charge is -2.08. The number of hydrogen-bond donors (Lipinski definition) is 1. The van der Waals surface area contributed by atoms with Crippen LogP contribution in [0.25, 0.3) is 10.9 Å². The fourth-order valence-electron chi connectivity index (χ4n) is 2.18. The van der Waals surface area contributed by atoms with Gasteiger partial charge < -0.3 is 14.6 Å². The summed E-state index contributed by atoms with van der Waals surface area (Å²) in [4.78, 5) is 2.10. The molecule has 1 N–H and O–H groups in total. The van der Waals surface area contributed by atoms with Crippen molar-refractivity contribution in [2.24, 2.45) is 0 Å². The molecule has 2 rings (SSSR count). The van der Waals surface area contributed by atoms with Gasteiger partial charge in [-0.1, -0.05) is 0 Å². The number of likely N-dealkylation sites (N-methyl/N-ethyl adjacent to an activating group) is 1. The first-order chi connectivity index (χ1) is 8.52. The van der Waals surface area contributed by atoms with Crippen LogP contribution in [0.15, 0.2) is 18.3 Å². The van der Waals surface area contributed by atoms with E-state index in [1.165, 1.54) is 12.1 Å². The number of fused-ring (bicyclic) bond motifs is 1. The van der Waals surface area contributed by atoms with Crippen LogP contribution < -0.4 is 0 Å². The Morgan fingerprint density at radius 1 is 1.33 bits per heavy atom. The molecule has 2 aromatic rings. The Labute approximate surface area is 106 Å². The summed E-state index contributed by atoms with van der Waals surface area (Å²) in [5, 5.41) is 10.4. The molecule has 0 amide bonds. The molecule has 98 valence electrons. The SMILES string of the molecule is CCn1cc(CCN(C)C)c2cc(F)c(O)cc21. The van der Waals surface area contributed by atoms with Crippen molar-refractivity contribution < 1.29 is 9.50 Å². The number of phenols is 1. The van der Waals surface area contributed by atoms with Gasteiger partial charge in [-0.05, 0) is 39.1 Å². The van der Waals surface area contributed by atoms with Gasteiger partial charge in [-0.2, -0.15) is 0 Å². The molecule has 18 heavy (non-hydrogen) atoms. The van der Waals surface area contributed by atoms with E-state index in [4.69, 9.17) is 0 Å². The number of rotatable bonds is 4. The van der Waals surface area contributed by atoms with Crippen LogP contribution in [0.5, 0.6) is 5.75 Å². The van der Waals surface area contributed by atoms with Gasteiger partial charge in [0.05, 0.1) is 5.52 Å². The third kappa shape index (κ3) is 2.34. The van der Waals surface area contributed by atoms with Crippen molar-refractivity contribution in [3.05, 3.63) is 29.7 Å². The highest BCUT2D eigenvalue weighted by molar-refractivity contribution is 5.85. The van der Waals surface area contributed by atoms with Crippen LogP contribution in [0.3, 0.4) is 0 Å². The van der Waals surface area contributed by atoms with Crippen LogP contribution in [0, 0.1) is 5.82 Å². The highest BCUT2D eigenvalue weighted by Crippen LogP contribution is 2.28. The minimum Gasteiger partial charge on any atom is -0.505 e. The zero-order valence-electron chi connectivity index (χ0n) is 11.1. The molecular weight excluding hydrogens is 231 g/mol. The van der Waals surface area contributed by atoms with Crippen LogP contribution in [0.4, 0.5) is 4.39 Å². The summed E-state index contributed by atoms with van der Waals surface area (Å²) >= 11 is 0. The summed E-state index contributed by atoms with van der Waals surface area (Å²) < 4.78 is 15.5. The van der Waals surface area contributed by atoms with Gasteiger partial charge in [-0.15, -0.1) is 0 Å². The number of aryl methyl sites for hydroxylation is 1. The molecule has 0 unspecified atom stereocenters. The molecule has 0 saturated heterocycles. The van der Waals surface area contributed by atoms with Crippen molar-refractivity contribution in [3.63, 3.8) is 0 Å². The Balaban J connectivity index is 2.49. The molecule has 0 fully saturated rings. The average molecular weight is 250 g/mol. The molecule has 0 aliphatic rings. The van der Waals surface area contributed by atoms with Gasteiger partial charge in [0.15, 0.2) is 11.6 Å². The van der Waals surface area contributed by atoms with Crippen LogP contribution in [0.1, 0.15) is 12.5 Å². The second-order valence-corrected chi connectivity index (χ2v) is 4.81. The summed E-state index contributed by atoms with van der Waals surface area (Å²) in [5.74, 6) is -0.836. The van der Waals surface area contributed by atoms with Crippen molar-refractivity contribution in [3.8, 4) is 5.75 Å². The number of aromatic nitrogens is 1. The van der Waals surface area contributed by atoms with E-state index in [-0.39, 0.29) is 5.75 Å². The van der Waals surface area contributed by atoms with Gasteiger partial charge in [-0.25, -0.2) is 4.39 Å². The van der Waals surface area contributed by atoms with Gasteiger partial charge in [0.25, 0.3) is 0 Å². The number of benzene rings is 1. The summed E-state index contributed by atoms with van der Waals surface area (Å²) in [6.45, 7) is 3.77. The molecule has 1 aromatic carbocycles. The molecule has 0 radical (unpaired) electrons. The van der Waals surface area contributed by atoms with E-state index in [9.17, 15) is 9.50 Å². The van der Waals surface area contributed by atoms with Gasteiger partial charge in [0, 0.05) is 30.7 Å². The topological polar surface area (TPSA) is 28.4 Å². The average Bonchev–Trinajstić information content (AvgIpc) is 2.65. The van der Waals surface area contributed by atoms with E-state index in [0.29, 0.717) is 0 Å². The van der Waals surface area contributed by atoms with E-state index in [1.807, 2.05) is 31.8 Å². The van der Waals surface area contributed by atoms with Crippen LogP contribution in [0.2, 0.25) is 0 Å². The third-order valence-corrected chi connectivity index (χ3v) is 3.20. The van der Waals surface area contributed by atoms with Gasteiger partial charge in [-0.3, -0.25) is 0 Å². The van der Waals surface area contributed by atoms with Crippen LogP contribution >= 0.6 is 0 Å². The molecule has 0 spiro atoms. The minimum atomic E-state index is -0.553. The van der Waals surface area contributed by atoms with Crippen molar-refractivity contribution in [2.75, 3.05) is 20.6 Å². The lowest BCUT2D eigenvalue weighted by molar-refractivity contribution is 0.414. The molecule has 0 aliphatic heterocycles. The zero-order chi connectivity index (χ0) is 13.3. The van der Waals surface area contributed by atoms with Crippen LogP contribution in [-0.2, 0) is 13.0 Å². The van der Waals surface area contributed by atoms with E-state index >= 15 is 0 Å². The predicted molar refractivity (Wildman–Crippen MR) is 71.5 cm³/mol. The Kier molecular flexibility index (Phi) is 3.57. The van der Waals surface area contributed by atoms with Crippen molar-refractivity contribution in [1.29, 1.82) is 0 Å². The van der Waals surface area contributed by atoms with E-state index in [0.717, 1.165) is 36.0 Å². The van der Waals surface area contributed by atoms with Gasteiger partial charge in [0.2, 0.25) is 0 Å². The minimum absolute atomic E-state index is 0.283. The van der Waals surface area contributed by atoms with E-state index in [2.05, 4.69) is 4.90 Å². The summed E-state index contributed by atoms with van der Waals surface area (Å²) in [5.41, 5.74) is 2.02. The fourth-order valence-corrected chi connectivity index (χ4v) is 2.18. The Bertz CT molecular complexity index is 560. The Morgan fingerprint density at radius 3 is 2.67 bits per heavy atom. The first kappa shape index (κ1) is 12.9. The molecule has 0 aliphatic carbocycles. The number of nitrogens with zero attached hydrogens (tertiary/aromatic N) is 2. The third-order valence-electron chi connectivity index (χ3n) is 3.20. The maximum absolute atomic E-state index is 13.5. The summed E-state index contributed by atoms with van der Waals surface area (Å²) in [6.07, 6.45) is 2.92. The van der Waals surface area contributed by atoms with Crippen LogP contribution in [-0.4, -0.2) is 35.2 Å². The fraction of sp³-hybridized carbons (Fsp3) is 0.429. The maximum atomic E-state index is 13.5. The molecule has 0 saturated carbocycles. The second-order valence-electron chi connectivity index (χ2n) is 4.81. The second kappa shape index (κ2) is 4.98. The number of aromatic hydroxyl groups is 1. The standard InChI is InChI=1S/C14H19FN2O/c1-4-17-9-10(5-6-16(2)3)11-7-12(15)14(18)8-13(11)17/h7-9,18H,4-6H2,1-3H3. The first-order valence-electron chi connectivity index (χ1n) is 6.18. The molecule has 3 nitrogen and oxygen atoms in total. The first-order valence-corrected chi connectivity index (χ1v) is 6.18. The zero-order valence-corrected chi connectivity index (χ0v) is 11.1. The maximum Gasteiger partial charge on any atom is 0.165 e. The molecule has 0 atom stereocenters. The lowest BCUT2D eigenvalue weighted by atomic mass is 10.1. The van der Waals surface area contributed by atoms with E-state index in [1.54, 1.807) is 0 Å². The molecule has 1 aromatic heterocycles. The van der Waals surface area contributed by atoms with Crippen molar-refractivity contribution in [2.45, 2.75) is 19.9 Å². The number of halogens is 1. The normalized spacial score (nSPS) is 11.6. The highest BCUT2D eigenvalue weighted by Gasteiger charge is 2.12. The molecule has 0 bridgehead atoms. The molecular formula is C14H19FN2O. The Morgan fingerprint density at radius 2 is 2.06 bits per heavy atom. The number of hydrogen-bond acceptors (Lipinski definition) is 2. The quantitative estimate of drug-likeness (QED) is 0.903. The van der Waals surface area contributed by atoms with Crippen molar-refractivity contribution >= 4 is 10.9 Å². The summed E-state index contributed by atoms with van der Waals surface area (Å²) in [7, 11) is 4.04. The smallest absolute Gasteiger partial charge is 0.165 e. The molecule has 4 heteroatoms. The van der Waals surface area contributed by atoms with Crippen molar-refractivity contribution in [1.82, 2.24) is 9.47 Å². The monoisotopic (exact) mass is 250 g/mol.